The van der Waals surface area contributed by atoms with Gasteiger partial charge in [-0.15, -0.1) is 0 Å². The molecule has 7 aromatic rings. The number of quaternary nitrogens is 1. The van der Waals surface area contributed by atoms with Gasteiger partial charge in [0.05, 0.1) is 64.4 Å². The lowest BCUT2D eigenvalue weighted by Crippen LogP contribution is -2.63. The van der Waals surface area contributed by atoms with Crippen LogP contribution >= 0.6 is 18.4 Å². The number of carbonyl (C=O) groups excluding carboxylic acids is 7. The monoisotopic (exact) mass is 1280 g/mol. The molecule has 2 aliphatic heterocycles. The summed E-state index contributed by atoms with van der Waals surface area (Å²) < 4.78 is 92.3. The fourth-order valence-electron chi connectivity index (χ4n) is 9.94. The molecule has 1 radical (unpaired) electrons. The highest BCUT2D eigenvalue weighted by Gasteiger charge is 2.59. The van der Waals surface area contributed by atoms with Crippen molar-refractivity contribution in [2.75, 3.05) is 40.0 Å². The molecule has 0 spiro atoms. The molecule has 2 fully saturated rings. The zero-order chi connectivity index (χ0) is 64.3. The predicted molar refractivity (Wildman–Crippen MR) is 329 cm³/mol. The van der Waals surface area contributed by atoms with Crippen LogP contribution in [0, 0.1) is 0 Å². The fraction of sp³-hybridized carbons (Fsp3) is 0.279. The summed E-state index contributed by atoms with van der Waals surface area (Å²) in [6.07, 6.45) is -18.1. The van der Waals surface area contributed by atoms with E-state index in [4.69, 9.17) is 56.4 Å². The van der Waals surface area contributed by atoms with E-state index in [1.165, 1.54) is 92.0 Å². The number of methoxy groups -OCH3 is 1. The van der Waals surface area contributed by atoms with Crippen LogP contribution in [0.4, 0.5) is 0 Å². The molecule has 0 saturated carbocycles. The summed E-state index contributed by atoms with van der Waals surface area (Å²) in [6, 6.07) is 54.7. The third kappa shape index (κ3) is 17.2. The number of rotatable bonds is 26. The van der Waals surface area contributed by atoms with Crippen molar-refractivity contribution in [3.63, 3.8) is 0 Å². The molecule has 0 aliphatic carbocycles. The van der Waals surface area contributed by atoms with Gasteiger partial charge in [-0.2, -0.15) is 0 Å². The van der Waals surface area contributed by atoms with Crippen molar-refractivity contribution in [1.82, 2.24) is 0 Å². The van der Waals surface area contributed by atoms with Gasteiger partial charge < -0.3 is 47.4 Å². The third-order valence-corrected chi connectivity index (χ3v) is 19.4. The Morgan fingerprint density at radius 3 is 1.00 bits per heavy atom. The SMILES string of the molecule is CC[N+](CC)(CC)SP(=O)(OC[C@H]1O[C@H](OC)[C@H](OC(=O)c2ccccc2)[C@@H](OC(=O)c2ccccc2)[C@H]1OC(=O)c1ccccc1)O[C@H]1O[C@H](COC(=[O+])c2ccccc2)[C@@H](OC(=O)c2ccccc2)[C@H](OC(=O)c2ccccc2)[C@@H]1OC(=O)c1ccccc1. The number of hydrogen-bond acceptors (Lipinski definition) is 21. The molecule has 0 N–H and O–H groups in total. The summed E-state index contributed by atoms with van der Waals surface area (Å²) in [4.78, 5) is 100. The van der Waals surface area contributed by atoms with Crippen LogP contribution in [0.1, 0.15) is 93.3 Å². The van der Waals surface area contributed by atoms with Crippen LogP contribution in [0.2, 0.25) is 0 Å². The lowest BCUT2D eigenvalue weighted by Gasteiger charge is -2.45. The van der Waals surface area contributed by atoms with Crippen molar-refractivity contribution < 1.29 is 98.4 Å². The smallest absolute Gasteiger partial charge is 0.452 e. The highest BCUT2D eigenvalue weighted by molar-refractivity contribution is 8.52. The number of ether oxygens (including phenoxy) is 10. The first-order valence-electron chi connectivity index (χ1n) is 29.3. The first-order chi connectivity index (χ1) is 44.1. The average molecular weight is 1280 g/mol. The summed E-state index contributed by atoms with van der Waals surface area (Å²) in [5.41, 5.74) is 0.375. The molecule has 2 heterocycles. The second-order valence-corrected chi connectivity index (χ2v) is 24.8. The van der Waals surface area contributed by atoms with E-state index in [2.05, 4.69) is 0 Å². The molecule has 473 valence electrons. The van der Waals surface area contributed by atoms with Gasteiger partial charge in [0.2, 0.25) is 24.5 Å². The van der Waals surface area contributed by atoms with E-state index >= 15 is 4.57 Å². The van der Waals surface area contributed by atoms with Crippen LogP contribution in [0.5, 0.6) is 0 Å². The summed E-state index contributed by atoms with van der Waals surface area (Å²) in [6.45, 7) is -0.272. The van der Waals surface area contributed by atoms with Gasteiger partial charge in [-0.1, -0.05) is 127 Å². The maximum atomic E-state index is 16.6. The number of hydrogen-bond donors (Lipinski definition) is 0. The van der Waals surface area contributed by atoms with Crippen molar-refractivity contribution in [3.8, 4) is 0 Å². The first kappa shape index (κ1) is 66.6. The van der Waals surface area contributed by atoms with Gasteiger partial charge in [0.1, 0.15) is 11.7 Å². The number of esters is 7. The van der Waals surface area contributed by atoms with Gasteiger partial charge in [-0.05, 0) is 106 Å². The minimum Gasteiger partial charge on any atom is -0.452 e. The Kier molecular flexibility index (Phi) is 23.2. The topological polar surface area (TPSA) is 250 Å². The van der Waals surface area contributed by atoms with E-state index in [0.29, 0.717) is 31.2 Å². The van der Waals surface area contributed by atoms with Crippen molar-refractivity contribution in [1.29, 1.82) is 0 Å². The molecule has 0 amide bonds. The van der Waals surface area contributed by atoms with E-state index in [0.717, 1.165) is 0 Å². The van der Waals surface area contributed by atoms with Crippen molar-refractivity contribution >= 4 is 60.2 Å². The number of carbonyl (C=O) groups is 7. The highest BCUT2D eigenvalue weighted by Crippen LogP contribution is 2.66. The molecule has 11 atom stereocenters. The van der Waals surface area contributed by atoms with Crippen LogP contribution < -0.4 is 0 Å². The largest absolute Gasteiger partial charge is 0.607 e. The molecule has 21 nitrogen and oxygen atoms in total. The van der Waals surface area contributed by atoms with Gasteiger partial charge in [-0.25, -0.2) is 33.3 Å². The van der Waals surface area contributed by atoms with Gasteiger partial charge in [0.15, 0.2) is 49.0 Å². The van der Waals surface area contributed by atoms with E-state index in [1.807, 2.05) is 20.8 Å². The molecule has 1 unspecified atom stereocenters. The van der Waals surface area contributed by atoms with Crippen LogP contribution in [0.25, 0.3) is 0 Å². The molecule has 23 heteroatoms. The number of benzene rings is 7. The Hall–Kier alpha value is -8.83. The standard InChI is InChI=1S/C68H67NO20PS/c1-5-69(6-2,7-3)91-90(77,80-44-53-55(84-62(72)47-33-19-10-20-34-47)56(85-63(73)48-35-21-11-22-36-48)58(67(78-4)81-53)87-65(75)50-39-25-13-26-40-50)89-68-59(88-66(76)51-41-27-14-28-42-51)57(86-64(74)49-37-23-12-24-38-49)54(83-61(71)46-31-17-9-18-32-46)52(82-68)43-79-60(70)45-29-15-8-16-30-45/h8-42,52-59,67-68H,5-7,43-44H2,1-4H3/q+2/t52-,53-,54-,55+,56+,57+,58-,59+,67+,68-,90?/m1/s1. The Balaban J connectivity index is 1.16. The second-order valence-electron chi connectivity index (χ2n) is 20.6. The van der Waals surface area contributed by atoms with Crippen LogP contribution in [-0.4, -0.2) is 147 Å². The maximum absolute atomic E-state index is 16.6. The lowest BCUT2D eigenvalue weighted by molar-refractivity contribution is -0.787. The van der Waals surface area contributed by atoms with Gasteiger partial charge in [0, 0.05) is 7.11 Å². The normalized spacial score (nSPS) is 21.9. The van der Waals surface area contributed by atoms with Crippen molar-refractivity contribution in [2.24, 2.45) is 0 Å². The first-order valence-corrected chi connectivity index (χ1v) is 32.2. The molecule has 7 aromatic carbocycles. The fourth-order valence-corrected chi connectivity index (χ4v) is 14.6. The molecule has 2 aliphatic rings. The molecule has 91 heavy (non-hydrogen) atoms. The molecule has 2 saturated heterocycles. The molecule has 0 bridgehead atoms. The highest BCUT2D eigenvalue weighted by atomic mass is 32.7. The zero-order valence-corrected chi connectivity index (χ0v) is 51.7. The maximum Gasteiger partial charge on any atom is 0.607 e. The minimum atomic E-state index is -5.06. The third-order valence-electron chi connectivity index (χ3n) is 15.0. The van der Waals surface area contributed by atoms with E-state index in [9.17, 15) is 33.6 Å². The van der Waals surface area contributed by atoms with Crippen LogP contribution in [0.3, 0.4) is 0 Å². The lowest BCUT2D eigenvalue weighted by atomic mass is 9.97. The summed E-state index contributed by atoms with van der Waals surface area (Å²) in [7, 11) is 1.23. The van der Waals surface area contributed by atoms with Crippen molar-refractivity contribution in [2.45, 2.75) is 82.2 Å². The second kappa shape index (κ2) is 31.8. The Bertz CT molecular complexity index is 3590. The Labute approximate surface area is 529 Å². The molecule has 9 rings (SSSR count). The average Bonchev–Trinajstić information content (AvgIpc) is 0.911. The Morgan fingerprint density at radius 2 is 0.681 bits per heavy atom. The minimum absolute atomic E-state index is 0.00733. The molecular weight excluding hydrogens is 1210 g/mol. The van der Waals surface area contributed by atoms with E-state index in [-0.39, 0.29) is 42.8 Å². The van der Waals surface area contributed by atoms with Crippen molar-refractivity contribution in [3.05, 3.63) is 251 Å². The van der Waals surface area contributed by atoms with Crippen LogP contribution in [-0.2, 0) is 61.0 Å². The zero-order valence-electron chi connectivity index (χ0n) is 50.0. The van der Waals surface area contributed by atoms with Gasteiger partial charge in [0.25, 0.3) is 0 Å². The summed E-state index contributed by atoms with van der Waals surface area (Å²) in [5, 5.41) is 0. The molecular formula is C68H67NO20PS+2. The quantitative estimate of drug-likeness (QED) is 0.0122. The van der Waals surface area contributed by atoms with Gasteiger partial charge in [-0.3, -0.25) is 12.9 Å². The predicted octanol–water partition coefficient (Wildman–Crippen LogP) is 11.0. The van der Waals surface area contributed by atoms with Crippen LogP contribution in [0.15, 0.2) is 212 Å². The van der Waals surface area contributed by atoms with E-state index in [1.54, 1.807) is 127 Å². The summed E-state index contributed by atoms with van der Waals surface area (Å²) in [5.74, 6) is -6.63. The van der Waals surface area contributed by atoms with Gasteiger partial charge >= 0.3 is 48.6 Å². The summed E-state index contributed by atoms with van der Waals surface area (Å²) >= 11 is 0.711. The number of nitrogens with zero attached hydrogens (tertiary/aromatic N) is 1. The Morgan fingerprint density at radius 1 is 0.407 bits per heavy atom. The van der Waals surface area contributed by atoms with E-state index < -0.39 is 123 Å². The molecule has 0 aromatic heterocycles.